The van der Waals surface area contributed by atoms with E-state index >= 15 is 0 Å². The molecule has 1 aliphatic heterocycles. The summed E-state index contributed by atoms with van der Waals surface area (Å²) >= 11 is 3.60. The van der Waals surface area contributed by atoms with Gasteiger partial charge in [0.25, 0.3) is 0 Å². The second-order valence-electron chi connectivity index (χ2n) is 3.69. The number of hydrogen-bond acceptors (Lipinski definition) is 2. The van der Waals surface area contributed by atoms with Crippen molar-refractivity contribution < 1.29 is 0 Å². The monoisotopic (exact) mass is 290 g/mol. The van der Waals surface area contributed by atoms with E-state index in [0.717, 1.165) is 32.6 Å². The third-order valence-electron chi connectivity index (χ3n) is 2.73. The first kappa shape index (κ1) is 13.0. The van der Waals surface area contributed by atoms with Gasteiger partial charge < -0.3 is 5.73 Å². The molecule has 0 saturated heterocycles. The molecule has 0 atom stereocenters. The van der Waals surface area contributed by atoms with Crippen LogP contribution < -0.4 is 5.73 Å². The maximum Gasteiger partial charge on any atom is 0.0237 e. The fourth-order valence-corrected chi connectivity index (χ4v) is 2.60. The molecule has 1 aromatic carbocycles. The number of hydrogen-bond donors (Lipinski definition) is 1. The number of nitrogens with two attached hydrogens (primary N) is 1. The van der Waals surface area contributed by atoms with Crippen LogP contribution in [0.25, 0.3) is 0 Å². The average molecular weight is 292 g/mol. The molecule has 0 radical (unpaired) electrons. The normalized spacial score (nSPS) is 15.6. The van der Waals surface area contributed by atoms with Crippen LogP contribution in [0.2, 0.25) is 0 Å². The summed E-state index contributed by atoms with van der Waals surface area (Å²) in [5.74, 6) is 0. The van der Waals surface area contributed by atoms with E-state index in [2.05, 4.69) is 39.0 Å². The second-order valence-corrected chi connectivity index (χ2v) is 4.55. The molecule has 1 aliphatic rings. The van der Waals surface area contributed by atoms with Gasteiger partial charge >= 0.3 is 0 Å². The van der Waals surface area contributed by atoms with Crippen molar-refractivity contribution in [3.63, 3.8) is 0 Å². The van der Waals surface area contributed by atoms with Gasteiger partial charge in [0, 0.05) is 30.7 Å². The molecule has 0 spiro atoms. The molecule has 2 nitrogen and oxygen atoms in total. The van der Waals surface area contributed by atoms with Gasteiger partial charge in [-0.1, -0.05) is 28.1 Å². The Hall–Kier alpha value is -0.0900. The van der Waals surface area contributed by atoms with Crippen molar-refractivity contribution in [1.29, 1.82) is 0 Å². The molecular weight excluding hydrogens is 275 g/mol. The molecule has 1 heterocycles. The van der Waals surface area contributed by atoms with Gasteiger partial charge in [-0.25, -0.2) is 0 Å². The predicted octanol–water partition coefficient (Wildman–Crippen LogP) is 2.19. The van der Waals surface area contributed by atoms with Gasteiger partial charge in [-0.2, -0.15) is 0 Å². The molecule has 0 amide bonds. The Labute approximate surface area is 105 Å². The Bertz CT molecular complexity index is 330. The van der Waals surface area contributed by atoms with Gasteiger partial charge in [-0.3, -0.25) is 4.90 Å². The fraction of sp³-hybridized carbons (Fsp3) is 0.455. The number of halogens is 2. The highest BCUT2D eigenvalue weighted by Crippen LogP contribution is 2.25. The largest absolute Gasteiger partial charge is 0.329 e. The Morgan fingerprint density at radius 3 is 2.93 bits per heavy atom. The highest BCUT2D eigenvalue weighted by Gasteiger charge is 2.16. The summed E-state index contributed by atoms with van der Waals surface area (Å²) in [6.07, 6.45) is 1.14. The molecule has 0 unspecified atom stereocenters. The first-order chi connectivity index (χ1) is 6.81. The minimum atomic E-state index is 0. The number of benzene rings is 1. The summed E-state index contributed by atoms with van der Waals surface area (Å²) in [7, 11) is 0. The minimum Gasteiger partial charge on any atom is -0.329 e. The highest BCUT2D eigenvalue weighted by molar-refractivity contribution is 9.10. The predicted molar refractivity (Wildman–Crippen MR) is 69.4 cm³/mol. The number of rotatable bonds is 2. The molecular formula is C11H16BrClN2. The third kappa shape index (κ3) is 2.94. The van der Waals surface area contributed by atoms with Gasteiger partial charge in [0.15, 0.2) is 0 Å². The van der Waals surface area contributed by atoms with Crippen molar-refractivity contribution in [2.75, 3.05) is 19.6 Å². The van der Waals surface area contributed by atoms with Crippen LogP contribution in [0.1, 0.15) is 11.1 Å². The lowest BCUT2D eigenvalue weighted by molar-refractivity contribution is 0.261. The molecule has 0 bridgehead atoms. The van der Waals surface area contributed by atoms with E-state index in [1.54, 1.807) is 0 Å². The number of fused-ring (bicyclic) bond motifs is 1. The van der Waals surface area contributed by atoms with Crippen molar-refractivity contribution >= 4 is 28.3 Å². The Morgan fingerprint density at radius 2 is 2.20 bits per heavy atom. The lowest BCUT2D eigenvalue weighted by atomic mass is 10.00. The van der Waals surface area contributed by atoms with Crippen molar-refractivity contribution in [2.24, 2.45) is 5.73 Å². The Morgan fingerprint density at radius 1 is 1.40 bits per heavy atom. The van der Waals surface area contributed by atoms with E-state index in [1.807, 2.05) is 0 Å². The molecule has 0 aromatic heterocycles. The zero-order chi connectivity index (χ0) is 9.97. The fourth-order valence-electron chi connectivity index (χ4n) is 1.99. The van der Waals surface area contributed by atoms with Crippen molar-refractivity contribution in [3.8, 4) is 0 Å². The average Bonchev–Trinajstić information content (AvgIpc) is 2.18. The molecule has 0 aliphatic carbocycles. The summed E-state index contributed by atoms with van der Waals surface area (Å²) in [6, 6.07) is 6.44. The summed E-state index contributed by atoms with van der Waals surface area (Å²) in [5.41, 5.74) is 8.47. The molecule has 2 N–H and O–H groups in total. The SMILES string of the molecule is Cl.NCCN1CCc2c(Br)cccc2C1. The lowest BCUT2D eigenvalue weighted by Crippen LogP contribution is -2.34. The first-order valence-electron chi connectivity index (χ1n) is 5.00. The Balaban J connectivity index is 0.00000112. The maximum atomic E-state index is 5.56. The minimum absolute atomic E-state index is 0. The zero-order valence-corrected chi connectivity index (χ0v) is 11.0. The van der Waals surface area contributed by atoms with Crippen LogP contribution in [0.15, 0.2) is 22.7 Å². The standard InChI is InChI=1S/C11H15BrN2.ClH/c12-11-3-1-2-9-8-14(7-5-13)6-4-10(9)11;/h1-3H,4-8,13H2;1H. The van der Waals surface area contributed by atoms with E-state index in [4.69, 9.17) is 5.73 Å². The molecule has 0 saturated carbocycles. The number of nitrogens with zero attached hydrogens (tertiary/aromatic N) is 1. The summed E-state index contributed by atoms with van der Waals surface area (Å²) in [6.45, 7) is 3.94. The topological polar surface area (TPSA) is 29.3 Å². The van der Waals surface area contributed by atoms with Crippen LogP contribution in [0.4, 0.5) is 0 Å². The van der Waals surface area contributed by atoms with Crippen molar-refractivity contribution in [3.05, 3.63) is 33.8 Å². The van der Waals surface area contributed by atoms with Crippen LogP contribution >= 0.6 is 28.3 Å². The zero-order valence-electron chi connectivity index (χ0n) is 8.58. The van der Waals surface area contributed by atoms with Crippen molar-refractivity contribution in [2.45, 2.75) is 13.0 Å². The van der Waals surface area contributed by atoms with Crippen molar-refractivity contribution in [1.82, 2.24) is 4.90 Å². The molecule has 2 rings (SSSR count). The molecule has 4 heteroatoms. The smallest absolute Gasteiger partial charge is 0.0237 e. The molecule has 84 valence electrons. The van der Waals surface area contributed by atoms with E-state index in [9.17, 15) is 0 Å². The van der Waals surface area contributed by atoms with Crippen LogP contribution in [0.3, 0.4) is 0 Å². The van der Waals surface area contributed by atoms with E-state index in [-0.39, 0.29) is 12.4 Å². The summed E-state index contributed by atoms with van der Waals surface area (Å²) in [4.78, 5) is 2.41. The van der Waals surface area contributed by atoms with Gasteiger partial charge in [-0.15, -0.1) is 12.4 Å². The quantitative estimate of drug-likeness (QED) is 0.905. The summed E-state index contributed by atoms with van der Waals surface area (Å²) in [5, 5.41) is 0. The van der Waals surface area contributed by atoms with Gasteiger partial charge in [0.2, 0.25) is 0 Å². The van der Waals surface area contributed by atoms with E-state index in [1.165, 1.54) is 15.6 Å². The van der Waals surface area contributed by atoms with Crippen LogP contribution in [-0.4, -0.2) is 24.5 Å². The Kier molecular flexibility index (Phi) is 5.06. The van der Waals surface area contributed by atoms with Crippen LogP contribution in [0, 0.1) is 0 Å². The summed E-state index contributed by atoms with van der Waals surface area (Å²) < 4.78 is 1.25. The van der Waals surface area contributed by atoms with Crippen LogP contribution in [0.5, 0.6) is 0 Å². The van der Waals surface area contributed by atoms with Gasteiger partial charge in [0.05, 0.1) is 0 Å². The van der Waals surface area contributed by atoms with Gasteiger partial charge in [-0.05, 0) is 23.6 Å². The lowest BCUT2D eigenvalue weighted by Gasteiger charge is -2.28. The first-order valence-corrected chi connectivity index (χ1v) is 5.79. The second kappa shape index (κ2) is 5.85. The third-order valence-corrected chi connectivity index (χ3v) is 3.48. The van der Waals surface area contributed by atoms with Gasteiger partial charge in [0.1, 0.15) is 0 Å². The molecule has 0 fully saturated rings. The van der Waals surface area contributed by atoms with Crippen LogP contribution in [-0.2, 0) is 13.0 Å². The van der Waals surface area contributed by atoms with E-state index < -0.39 is 0 Å². The maximum absolute atomic E-state index is 5.56. The highest BCUT2D eigenvalue weighted by atomic mass is 79.9. The molecule has 1 aromatic rings. The molecule has 15 heavy (non-hydrogen) atoms. The van der Waals surface area contributed by atoms with E-state index in [0.29, 0.717) is 0 Å².